The Morgan fingerprint density at radius 3 is 2.03 bits per heavy atom. The van der Waals surface area contributed by atoms with E-state index in [9.17, 15) is 8.42 Å². The minimum atomic E-state index is -3.53. The summed E-state index contributed by atoms with van der Waals surface area (Å²) in [4.78, 5) is 4.69. The Morgan fingerprint density at radius 2 is 1.48 bits per heavy atom. The second-order valence-electron chi connectivity index (χ2n) is 8.05. The summed E-state index contributed by atoms with van der Waals surface area (Å²) in [5, 5.41) is 8.83. The average Bonchev–Trinajstić information content (AvgIpc) is 2.81. The smallest absolute Gasteiger partial charge is 0.243 e. The van der Waals surface area contributed by atoms with Crippen LogP contribution >= 0.6 is 0 Å². The minimum Gasteiger partial charge on any atom is -0.494 e. The van der Waals surface area contributed by atoms with Crippen molar-refractivity contribution in [1.82, 2.24) is 14.5 Å². The lowest BCUT2D eigenvalue weighted by Crippen LogP contribution is -2.49. The lowest BCUT2D eigenvalue weighted by molar-refractivity contribution is 0.337. The fourth-order valence-electron chi connectivity index (χ4n) is 4.18. The molecule has 168 valence electrons. The molecule has 0 N–H and O–H groups in total. The highest BCUT2D eigenvalue weighted by molar-refractivity contribution is 7.89. The molecule has 1 aromatic carbocycles. The van der Waals surface area contributed by atoms with Crippen LogP contribution in [0, 0.1) is 6.92 Å². The monoisotopic (exact) mass is 445 g/mol. The van der Waals surface area contributed by atoms with E-state index in [-0.39, 0.29) is 0 Å². The zero-order valence-electron chi connectivity index (χ0n) is 18.3. The number of hydrogen-bond donors (Lipinski definition) is 0. The lowest BCUT2D eigenvalue weighted by Gasteiger charge is -2.34. The number of ether oxygens (including phenoxy) is 1. The molecule has 8 nitrogen and oxygen atoms in total. The lowest BCUT2D eigenvalue weighted by atomic mass is 10.1. The number of aryl methyl sites for hydroxylation is 1. The number of nitrogens with zero attached hydrogens (tertiary/aromatic N) is 5. The van der Waals surface area contributed by atoms with Gasteiger partial charge in [0, 0.05) is 39.3 Å². The largest absolute Gasteiger partial charge is 0.494 e. The molecule has 0 saturated carbocycles. The zero-order valence-corrected chi connectivity index (χ0v) is 19.1. The maximum absolute atomic E-state index is 13.1. The van der Waals surface area contributed by atoms with E-state index in [1.165, 1.54) is 19.3 Å². The summed E-state index contributed by atoms with van der Waals surface area (Å²) in [6, 6.07) is 9.08. The number of benzene rings is 1. The van der Waals surface area contributed by atoms with Crippen LogP contribution in [0.15, 0.2) is 35.2 Å². The number of hydrogen-bond acceptors (Lipinski definition) is 7. The minimum absolute atomic E-state index is 0.313. The molecule has 2 aliphatic heterocycles. The summed E-state index contributed by atoms with van der Waals surface area (Å²) in [7, 11) is -3.53. The number of aromatic nitrogens is 2. The Labute approximate surface area is 184 Å². The standard InChI is InChI=1S/C22H31N5O3S/c1-3-30-20-8-7-19(17-18(20)2)31(28,29)27-15-13-26(14-16-27)22-10-9-21(23-24-22)25-11-5-4-6-12-25/h7-10,17H,3-6,11-16H2,1-2H3. The summed E-state index contributed by atoms with van der Waals surface area (Å²) in [5.74, 6) is 2.45. The van der Waals surface area contributed by atoms with Gasteiger partial charge in [-0.1, -0.05) is 0 Å². The Morgan fingerprint density at radius 1 is 0.871 bits per heavy atom. The van der Waals surface area contributed by atoms with Crippen molar-refractivity contribution in [2.24, 2.45) is 0 Å². The molecule has 0 unspecified atom stereocenters. The van der Waals surface area contributed by atoms with Crippen LogP contribution in [0.2, 0.25) is 0 Å². The van der Waals surface area contributed by atoms with Crippen molar-refractivity contribution in [1.29, 1.82) is 0 Å². The van der Waals surface area contributed by atoms with Crippen molar-refractivity contribution in [2.75, 3.05) is 55.7 Å². The number of sulfonamides is 1. The molecule has 0 amide bonds. The van der Waals surface area contributed by atoms with Crippen molar-refractivity contribution >= 4 is 21.7 Å². The highest BCUT2D eigenvalue weighted by Gasteiger charge is 2.29. The van der Waals surface area contributed by atoms with Crippen LogP contribution in [-0.4, -0.2) is 68.8 Å². The molecule has 2 aromatic rings. The maximum Gasteiger partial charge on any atom is 0.243 e. The zero-order chi connectivity index (χ0) is 21.8. The fraction of sp³-hybridized carbons (Fsp3) is 0.545. The second-order valence-corrected chi connectivity index (χ2v) is 9.99. The van der Waals surface area contributed by atoms with Gasteiger partial charge in [0.25, 0.3) is 0 Å². The van der Waals surface area contributed by atoms with Crippen molar-refractivity contribution in [2.45, 2.75) is 38.0 Å². The third-order valence-electron chi connectivity index (χ3n) is 5.96. The average molecular weight is 446 g/mol. The summed E-state index contributed by atoms with van der Waals surface area (Å²) in [5.41, 5.74) is 0.825. The van der Waals surface area contributed by atoms with E-state index in [1.54, 1.807) is 22.5 Å². The van der Waals surface area contributed by atoms with Crippen LogP contribution in [0.3, 0.4) is 0 Å². The molecular weight excluding hydrogens is 414 g/mol. The normalized spacial score (nSPS) is 18.3. The first-order valence-corrected chi connectivity index (χ1v) is 12.5. The van der Waals surface area contributed by atoms with Gasteiger partial charge >= 0.3 is 0 Å². The van der Waals surface area contributed by atoms with E-state index in [0.717, 1.165) is 36.0 Å². The van der Waals surface area contributed by atoms with E-state index in [1.807, 2.05) is 26.0 Å². The molecule has 0 spiro atoms. The molecule has 0 atom stereocenters. The molecule has 2 fully saturated rings. The van der Waals surface area contributed by atoms with Gasteiger partial charge in [-0.15, -0.1) is 10.2 Å². The Kier molecular flexibility index (Phi) is 6.62. The van der Waals surface area contributed by atoms with Crippen LogP contribution in [0.25, 0.3) is 0 Å². The van der Waals surface area contributed by atoms with Crippen LogP contribution in [-0.2, 0) is 10.0 Å². The van der Waals surface area contributed by atoms with Crippen molar-refractivity contribution in [3.8, 4) is 5.75 Å². The molecule has 3 heterocycles. The molecular formula is C22H31N5O3S. The van der Waals surface area contributed by atoms with Gasteiger partial charge in [-0.2, -0.15) is 4.31 Å². The van der Waals surface area contributed by atoms with Crippen LogP contribution in [0.1, 0.15) is 31.7 Å². The van der Waals surface area contributed by atoms with Crippen molar-refractivity contribution in [3.63, 3.8) is 0 Å². The van der Waals surface area contributed by atoms with Crippen LogP contribution < -0.4 is 14.5 Å². The Balaban J connectivity index is 1.39. The number of rotatable bonds is 6. The molecule has 2 aliphatic rings. The quantitative estimate of drug-likeness (QED) is 0.676. The molecule has 4 rings (SSSR count). The summed E-state index contributed by atoms with van der Waals surface area (Å²) >= 11 is 0. The van der Waals surface area contributed by atoms with Crippen LogP contribution in [0.5, 0.6) is 5.75 Å². The van der Waals surface area contributed by atoms with Gasteiger partial charge in [-0.3, -0.25) is 0 Å². The molecule has 9 heteroatoms. The summed E-state index contributed by atoms with van der Waals surface area (Å²) in [6.45, 7) is 8.43. The van der Waals surface area contributed by atoms with Gasteiger partial charge < -0.3 is 14.5 Å². The van der Waals surface area contributed by atoms with E-state index in [0.29, 0.717) is 37.7 Å². The fourth-order valence-corrected chi connectivity index (χ4v) is 5.69. The van der Waals surface area contributed by atoms with Gasteiger partial charge in [0.1, 0.15) is 5.75 Å². The van der Waals surface area contributed by atoms with E-state index in [4.69, 9.17) is 4.74 Å². The van der Waals surface area contributed by atoms with Gasteiger partial charge in [0.05, 0.1) is 11.5 Å². The molecule has 0 radical (unpaired) electrons. The van der Waals surface area contributed by atoms with Crippen molar-refractivity contribution in [3.05, 3.63) is 35.9 Å². The molecule has 2 saturated heterocycles. The van der Waals surface area contributed by atoms with E-state index >= 15 is 0 Å². The summed E-state index contributed by atoms with van der Waals surface area (Å²) in [6.07, 6.45) is 3.69. The highest BCUT2D eigenvalue weighted by Crippen LogP contribution is 2.26. The predicted octanol–water partition coefficient (Wildman–Crippen LogP) is 2.68. The highest BCUT2D eigenvalue weighted by atomic mass is 32.2. The van der Waals surface area contributed by atoms with Gasteiger partial charge in [-0.25, -0.2) is 8.42 Å². The maximum atomic E-state index is 13.1. The summed E-state index contributed by atoms with van der Waals surface area (Å²) < 4.78 is 33.3. The molecule has 0 bridgehead atoms. The first kappa shape index (κ1) is 21.8. The molecule has 1 aromatic heterocycles. The SMILES string of the molecule is CCOc1ccc(S(=O)(=O)N2CCN(c3ccc(N4CCCCC4)nn3)CC2)cc1C. The van der Waals surface area contributed by atoms with Gasteiger partial charge in [0.2, 0.25) is 10.0 Å². The van der Waals surface area contributed by atoms with Crippen LogP contribution in [0.4, 0.5) is 11.6 Å². The Bertz CT molecular complexity index is 983. The third kappa shape index (κ3) is 4.77. The first-order valence-electron chi connectivity index (χ1n) is 11.1. The number of piperidine rings is 1. The molecule has 0 aliphatic carbocycles. The predicted molar refractivity (Wildman–Crippen MR) is 121 cm³/mol. The third-order valence-corrected chi connectivity index (χ3v) is 7.86. The molecule has 31 heavy (non-hydrogen) atoms. The second kappa shape index (κ2) is 9.40. The van der Waals surface area contributed by atoms with Gasteiger partial charge in [-0.05, 0) is 69.0 Å². The van der Waals surface area contributed by atoms with E-state index in [2.05, 4.69) is 20.0 Å². The number of anilines is 2. The topological polar surface area (TPSA) is 78.9 Å². The van der Waals surface area contributed by atoms with Crippen molar-refractivity contribution < 1.29 is 13.2 Å². The first-order chi connectivity index (χ1) is 15.0. The number of piperazine rings is 1. The van der Waals surface area contributed by atoms with Gasteiger partial charge in [0.15, 0.2) is 11.6 Å². The van der Waals surface area contributed by atoms with E-state index < -0.39 is 10.0 Å². The Hall–Kier alpha value is -2.39.